The first-order valence-electron chi connectivity index (χ1n) is 8.61. The van der Waals surface area contributed by atoms with E-state index in [0.29, 0.717) is 11.3 Å². The third kappa shape index (κ3) is 4.95. The number of carbonyl (C=O) groups excluding carboxylic acids is 2. The van der Waals surface area contributed by atoms with Crippen molar-refractivity contribution >= 4 is 33.1 Å². The number of amides is 1. The Labute approximate surface area is 162 Å². The van der Waals surface area contributed by atoms with Crippen LogP contribution in [0.2, 0.25) is 0 Å². The molecule has 0 N–H and O–H groups in total. The van der Waals surface area contributed by atoms with E-state index in [2.05, 4.69) is 0 Å². The van der Waals surface area contributed by atoms with E-state index in [1.165, 1.54) is 16.2 Å². The lowest BCUT2D eigenvalue weighted by atomic mass is 10.1. The first-order chi connectivity index (χ1) is 12.9. The summed E-state index contributed by atoms with van der Waals surface area (Å²) in [6, 6.07) is 10.8. The van der Waals surface area contributed by atoms with Crippen molar-refractivity contribution in [1.29, 1.82) is 0 Å². The largest absolute Gasteiger partial charge is 0.451 e. The molecule has 3 rings (SSSR count). The van der Waals surface area contributed by atoms with Gasteiger partial charge < -0.3 is 9.64 Å². The van der Waals surface area contributed by atoms with E-state index in [4.69, 9.17) is 4.74 Å². The third-order valence-corrected chi connectivity index (χ3v) is 7.29. The maximum Gasteiger partial charge on any atom is 0.349 e. The van der Waals surface area contributed by atoms with Crippen molar-refractivity contribution in [3.63, 3.8) is 0 Å². The molecule has 8 heteroatoms. The highest BCUT2D eigenvalue weighted by atomic mass is 32.2. The lowest BCUT2D eigenvalue weighted by Gasteiger charge is -2.28. The molecule has 0 radical (unpaired) electrons. The number of benzene rings is 1. The lowest BCUT2D eigenvalue weighted by Crippen LogP contribution is -2.42. The summed E-state index contributed by atoms with van der Waals surface area (Å²) in [5, 5.41) is 1.79. The van der Waals surface area contributed by atoms with Crippen molar-refractivity contribution in [1.82, 2.24) is 4.90 Å². The number of rotatable bonds is 6. The van der Waals surface area contributed by atoms with Gasteiger partial charge in [0.2, 0.25) is 0 Å². The molecule has 1 aliphatic heterocycles. The standard InChI is InChI=1S/C19H21NO5S2/c1-14-7-9-26-18(14)19(22)25-12-17(21)20(11-15-5-3-2-4-6-15)16-8-10-27(23,24)13-16/h2-7,9,16H,8,10-13H2,1H3/t16-/m0/s1. The van der Waals surface area contributed by atoms with Gasteiger partial charge in [0.1, 0.15) is 4.88 Å². The smallest absolute Gasteiger partial charge is 0.349 e. The predicted molar refractivity (Wildman–Crippen MR) is 103 cm³/mol. The van der Waals surface area contributed by atoms with Crippen LogP contribution < -0.4 is 0 Å². The lowest BCUT2D eigenvalue weighted by molar-refractivity contribution is -0.137. The Morgan fingerprint density at radius 3 is 2.56 bits per heavy atom. The molecule has 6 nitrogen and oxygen atoms in total. The minimum atomic E-state index is -3.14. The second-order valence-electron chi connectivity index (χ2n) is 6.57. The summed E-state index contributed by atoms with van der Waals surface area (Å²) in [7, 11) is -3.14. The first-order valence-corrected chi connectivity index (χ1v) is 11.3. The van der Waals surface area contributed by atoms with Gasteiger partial charge >= 0.3 is 5.97 Å². The van der Waals surface area contributed by atoms with Crippen LogP contribution in [0.15, 0.2) is 41.8 Å². The molecule has 27 heavy (non-hydrogen) atoms. The molecule has 0 spiro atoms. The van der Waals surface area contributed by atoms with Crippen LogP contribution in [0.3, 0.4) is 0 Å². The van der Waals surface area contributed by atoms with Crippen molar-refractivity contribution < 1.29 is 22.7 Å². The summed E-state index contributed by atoms with van der Waals surface area (Å²) < 4.78 is 28.9. The fourth-order valence-corrected chi connectivity index (χ4v) is 5.63. The molecule has 0 bridgehead atoms. The van der Waals surface area contributed by atoms with Gasteiger partial charge in [-0.1, -0.05) is 30.3 Å². The Bertz CT molecular complexity index is 921. The number of carbonyl (C=O) groups is 2. The SMILES string of the molecule is Cc1ccsc1C(=O)OCC(=O)N(Cc1ccccc1)[C@H]1CCS(=O)(=O)C1. The molecule has 0 unspecified atom stereocenters. The number of nitrogens with zero attached hydrogens (tertiary/aromatic N) is 1. The molecule has 2 aromatic rings. The maximum absolute atomic E-state index is 12.8. The zero-order valence-corrected chi connectivity index (χ0v) is 16.6. The second-order valence-corrected chi connectivity index (χ2v) is 9.72. The molecule has 1 fully saturated rings. The normalized spacial score (nSPS) is 18.2. The monoisotopic (exact) mass is 407 g/mol. The van der Waals surface area contributed by atoms with Crippen molar-refractivity contribution in [3.05, 3.63) is 57.8 Å². The van der Waals surface area contributed by atoms with E-state index < -0.39 is 28.5 Å². The van der Waals surface area contributed by atoms with Crippen LogP contribution in [0.25, 0.3) is 0 Å². The Morgan fingerprint density at radius 1 is 1.22 bits per heavy atom. The van der Waals surface area contributed by atoms with Gasteiger partial charge in [-0.2, -0.15) is 0 Å². The average molecular weight is 408 g/mol. The number of ether oxygens (including phenoxy) is 1. The Balaban J connectivity index is 1.70. The van der Waals surface area contributed by atoms with Crippen LogP contribution in [0.5, 0.6) is 0 Å². The number of hydrogen-bond acceptors (Lipinski definition) is 6. The van der Waals surface area contributed by atoms with Crippen molar-refractivity contribution in [2.24, 2.45) is 0 Å². The summed E-state index contributed by atoms with van der Waals surface area (Å²) in [4.78, 5) is 26.9. The van der Waals surface area contributed by atoms with Gasteiger partial charge in [0.15, 0.2) is 16.4 Å². The number of aryl methyl sites for hydroxylation is 1. The Hall–Kier alpha value is -2.19. The molecule has 1 amide bonds. The summed E-state index contributed by atoms with van der Waals surface area (Å²) in [5.41, 5.74) is 1.70. The predicted octanol–water partition coefficient (Wildman–Crippen LogP) is 2.43. The number of hydrogen-bond donors (Lipinski definition) is 0. The molecule has 1 atom stereocenters. The van der Waals surface area contributed by atoms with Crippen LogP contribution in [-0.4, -0.2) is 49.3 Å². The summed E-state index contributed by atoms with van der Waals surface area (Å²) in [5.74, 6) is -0.897. The maximum atomic E-state index is 12.8. The average Bonchev–Trinajstić information content (AvgIpc) is 3.23. The molecule has 1 saturated heterocycles. The van der Waals surface area contributed by atoms with Crippen molar-refractivity contribution in [2.75, 3.05) is 18.1 Å². The number of sulfone groups is 1. The van der Waals surface area contributed by atoms with Gasteiger partial charge in [-0.25, -0.2) is 13.2 Å². The summed E-state index contributed by atoms with van der Waals surface area (Å²) in [6.07, 6.45) is 0.402. The summed E-state index contributed by atoms with van der Waals surface area (Å²) in [6.45, 7) is 1.69. The molecule has 1 aromatic carbocycles. The fourth-order valence-electron chi connectivity index (χ4n) is 3.08. The number of thiophene rings is 1. The van der Waals surface area contributed by atoms with E-state index in [0.717, 1.165) is 11.1 Å². The van der Waals surface area contributed by atoms with E-state index in [1.807, 2.05) is 36.4 Å². The zero-order chi connectivity index (χ0) is 19.4. The fraction of sp³-hybridized carbons (Fsp3) is 0.368. The minimum Gasteiger partial charge on any atom is -0.451 e. The molecule has 1 aliphatic rings. The molecular formula is C19H21NO5S2. The summed E-state index contributed by atoms with van der Waals surface area (Å²) >= 11 is 1.27. The molecule has 2 heterocycles. The molecule has 1 aromatic heterocycles. The Kier molecular flexibility index (Phi) is 5.96. The van der Waals surface area contributed by atoms with Gasteiger partial charge in [-0.05, 0) is 35.9 Å². The van der Waals surface area contributed by atoms with Crippen LogP contribution in [0.4, 0.5) is 0 Å². The van der Waals surface area contributed by atoms with E-state index >= 15 is 0 Å². The molecular weight excluding hydrogens is 386 g/mol. The topological polar surface area (TPSA) is 80.8 Å². The highest BCUT2D eigenvalue weighted by Crippen LogP contribution is 2.21. The van der Waals surface area contributed by atoms with Crippen LogP contribution in [0.1, 0.15) is 27.2 Å². The van der Waals surface area contributed by atoms with Gasteiger partial charge in [0.05, 0.1) is 11.5 Å². The van der Waals surface area contributed by atoms with Crippen molar-refractivity contribution in [2.45, 2.75) is 25.9 Å². The molecule has 144 valence electrons. The highest BCUT2D eigenvalue weighted by molar-refractivity contribution is 7.91. The molecule has 0 saturated carbocycles. The van der Waals surface area contributed by atoms with Gasteiger partial charge in [-0.15, -0.1) is 11.3 Å². The number of esters is 1. The Morgan fingerprint density at radius 2 is 1.96 bits per heavy atom. The second kappa shape index (κ2) is 8.22. The zero-order valence-electron chi connectivity index (χ0n) is 15.0. The third-order valence-electron chi connectivity index (χ3n) is 4.54. The highest BCUT2D eigenvalue weighted by Gasteiger charge is 2.35. The quantitative estimate of drug-likeness (QED) is 0.687. The van der Waals surface area contributed by atoms with E-state index in [9.17, 15) is 18.0 Å². The van der Waals surface area contributed by atoms with Gasteiger partial charge in [0, 0.05) is 12.6 Å². The van der Waals surface area contributed by atoms with E-state index in [1.54, 1.807) is 12.3 Å². The van der Waals surface area contributed by atoms with Crippen LogP contribution in [-0.2, 0) is 25.9 Å². The van der Waals surface area contributed by atoms with Crippen LogP contribution in [0, 0.1) is 6.92 Å². The van der Waals surface area contributed by atoms with Gasteiger partial charge in [-0.3, -0.25) is 4.79 Å². The van der Waals surface area contributed by atoms with Crippen molar-refractivity contribution in [3.8, 4) is 0 Å². The van der Waals surface area contributed by atoms with Crippen LogP contribution >= 0.6 is 11.3 Å². The van der Waals surface area contributed by atoms with Gasteiger partial charge in [0.25, 0.3) is 5.91 Å². The minimum absolute atomic E-state index is 0.0520. The first kappa shape index (κ1) is 19.6. The van der Waals surface area contributed by atoms with E-state index in [-0.39, 0.29) is 24.0 Å². The molecule has 0 aliphatic carbocycles.